The topological polar surface area (TPSA) is 80.3 Å². The molecule has 0 unspecified atom stereocenters. The molecular weight excluding hydrogens is 292 g/mol. The van der Waals surface area contributed by atoms with Crippen LogP contribution in [0.2, 0.25) is 0 Å². The molecule has 0 aromatic rings. The van der Waals surface area contributed by atoms with Gasteiger partial charge in [0, 0.05) is 13.8 Å². The number of rotatable bonds is 5. The monoisotopic (exact) mass is 316 g/mol. The largest absolute Gasteiger partial charge is 0.466 e. The van der Waals surface area contributed by atoms with Gasteiger partial charge in [-0.1, -0.05) is 6.92 Å². The summed E-state index contributed by atoms with van der Waals surface area (Å²) in [5.41, 5.74) is 0. The number of esters is 2. The number of carbonyl (C=O) groups is 2. The van der Waals surface area contributed by atoms with E-state index in [2.05, 4.69) is 0 Å². The Morgan fingerprint density at radius 3 is 2.45 bits per heavy atom. The molecule has 2 saturated heterocycles. The van der Waals surface area contributed by atoms with Crippen LogP contribution in [-0.4, -0.2) is 48.9 Å². The summed E-state index contributed by atoms with van der Waals surface area (Å²) in [6, 6.07) is 0. The zero-order valence-electron chi connectivity index (χ0n) is 13.7. The van der Waals surface area contributed by atoms with Gasteiger partial charge in [0.25, 0.3) is 0 Å². The molecule has 22 heavy (non-hydrogen) atoms. The van der Waals surface area contributed by atoms with Crippen molar-refractivity contribution in [2.45, 2.75) is 71.4 Å². The summed E-state index contributed by atoms with van der Waals surface area (Å²) in [6.45, 7) is 8.56. The standard InChI is InChI=1S/C15H24O7/c1-8(6-7-18-9(2)16)11-12(19-10(3)17)13-14(20-11)22-15(4,5)21-13/h8,11-14H,6-7H2,1-5H3/t8-,11-,12+,13-,14-/m1/s1. The minimum Gasteiger partial charge on any atom is -0.466 e. The van der Waals surface area contributed by atoms with Gasteiger partial charge in [-0.2, -0.15) is 0 Å². The van der Waals surface area contributed by atoms with Crippen LogP contribution in [-0.2, 0) is 33.3 Å². The number of hydrogen-bond donors (Lipinski definition) is 0. The van der Waals surface area contributed by atoms with E-state index in [0.717, 1.165) is 0 Å². The van der Waals surface area contributed by atoms with Crippen LogP contribution in [0.1, 0.15) is 41.0 Å². The van der Waals surface area contributed by atoms with E-state index in [1.807, 2.05) is 6.92 Å². The molecule has 126 valence electrons. The first-order valence-electron chi connectivity index (χ1n) is 7.51. The Morgan fingerprint density at radius 2 is 1.86 bits per heavy atom. The predicted molar refractivity (Wildman–Crippen MR) is 74.7 cm³/mol. The van der Waals surface area contributed by atoms with E-state index in [9.17, 15) is 9.59 Å². The quantitative estimate of drug-likeness (QED) is 0.709. The van der Waals surface area contributed by atoms with Crippen LogP contribution in [0.25, 0.3) is 0 Å². The summed E-state index contributed by atoms with van der Waals surface area (Å²) >= 11 is 0. The Morgan fingerprint density at radius 1 is 1.18 bits per heavy atom. The van der Waals surface area contributed by atoms with E-state index in [1.54, 1.807) is 13.8 Å². The van der Waals surface area contributed by atoms with Gasteiger partial charge < -0.3 is 23.7 Å². The van der Waals surface area contributed by atoms with Crippen molar-refractivity contribution in [3.8, 4) is 0 Å². The Kier molecular flexibility index (Phi) is 5.09. The van der Waals surface area contributed by atoms with E-state index in [0.29, 0.717) is 13.0 Å². The van der Waals surface area contributed by atoms with Crippen molar-refractivity contribution in [2.75, 3.05) is 6.61 Å². The predicted octanol–water partition coefficient (Wildman–Crippen LogP) is 1.38. The van der Waals surface area contributed by atoms with Gasteiger partial charge in [-0.25, -0.2) is 0 Å². The second kappa shape index (κ2) is 6.52. The average molecular weight is 316 g/mol. The molecule has 2 rings (SSSR count). The fourth-order valence-electron chi connectivity index (χ4n) is 2.84. The number of hydrogen-bond acceptors (Lipinski definition) is 7. The summed E-state index contributed by atoms with van der Waals surface area (Å²) < 4.78 is 27.7. The molecule has 0 bridgehead atoms. The Bertz CT molecular complexity index is 434. The van der Waals surface area contributed by atoms with Crippen LogP contribution in [0.5, 0.6) is 0 Å². The van der Waals surface area contributed by atoms with Gasteiger partial charge in [0.1, 0.15) is 6.10 Å². The van der Waals surface area contributed by atoms with Crippen LogP contribution in [0.3, 0.4) is 0 Å². The van der Waals surface area contributed by atoms with E-state index in [-0.39, 0.29) is 24.0 Å². The lowest BCUT2D eigenvalue weighted by Crippen LogP contribution is -2.41. The van der Waals surface area contributed by atoms with Gasteiger partial charge in [0.05, 0.1) is 6.61 Å². The fourth-order valence-corrected chi connectivity index (χ4v) is 2.84. The maximum Gasteiger partial charge on any atom is 0.303 e. The van der Waals surface area contributed by atoms with Crippen LogP contribution in [0, 0.1) is 5.92 Å². The van der Waals surface area contributed by atoms with Crippen molar-refractivity contribution in [1.29, 1.82) is 0 Å². The van der Waals surface area contributed by atoms with Crippen LogP contribution in [0.15, 0.2) is 0 Å². The molecule has 7 heteroatoms. The first kappa shape index (κ1) is 17.2. The molecule has 2 fully saturated rings. The van der Waals surface area contributed by atoms with E-state index < -0.39 is 24.3 Å². The van der Waals surface area contributed by atoms with E-state index in [1.165, 1.54) is 13.8 Å². The third-order valence-corrected chi connectivity index (χ3v) is 3.77. The lowest BCUT2D eigenvalue weighted by atomic mass is 9.95. The van der Waals surface area contributed by atoms with Gasteiger partial charge in [0.2, 0.25) is 0 Å². The van der Waals surface area contributed by atoms with Crippen molar-refractivity contribution < 1.29 is 33.3 Å². The van der Waals surface area contributed by atoms with Crippen molar-refractivity contribution in [3.05, 3.63) is 0 Å². The molecule has 5 atom stereocenters. The van der Waals surface area contributed by atoms with Crippen LogP contribution < -0.4 is 0 Å². The minimum absolute atomic E-state index is 0.0182. The Hall–Kier alpha value is -1.18. The zero-order chi connectivity index (χ0) is 16.5. The third kappa shape index (κ3) is 3.97. The van der Waals surface area contributed by atoms with Crippen molar-refractivity contribution >= 4 is 11.9 Å². The van der Waals surface area contributed by atoms with E-state index in [4.69, 9.17) is 23.7 Å². The van der Waals surface area contributed by atoms with Crippen molar-refractivity contribution in [1.82, 2.24) is 0 Å². The summed E-state index contributed by atoms with van der Waals surface area (Å²) in [7, 11) is 0. The normalized spacial score (nSPS) is 34.0. The van der Waals surface area contributed by atoms with E-state index >= 15 is 0 Å². The zero-order valence-corrected chi connectivity index (χ0v) is 13.7. The molecule has 2 heterocycles. The summed E-state index contributed by atoms with van der Waals surface area (Å²) in [5, 5.41) is 0. The number of fused-ring (bicyclic) bond motifs is 1. The molecule has 0 amide bonds. The van der Waals surface area contributed by atoms with Gasteiger partial charge in [-0.05, 0) is 26.2 Å². The highest BCUT2D eigenvalue weighted by atomic mass is 16.8. The smallest absolute Gasteiger partial charge is 0.303 e. The number of carbonyl (C=O) groups excluding carboxylic acids is 2. The van der Waals surface area contributed by atoms with Gasteiger partial charge in [-0.15, -0.1) is 0 Å². The first-order chi connectivity index (χ1) is 10.2. The molecule has 0 aromatic carbocycles. The molecule has 0 N–H and O–H groups in total. The van der Waals surface area contributed by atoms with Crippen LogP contribution in [0.4, 0.5) is 0 Å². The maximum absolute atomic E-state index is 11.4. The minimum atomic E-state index is -0.764. The second-order valence-corrected chi connectivity index (χ2v) is 6.25. The van der Waals surface area contributed by atoms with Crippen LogP contribution >= 0.6 is 0 Å². The van der Waals surface area contributed by atoms with Gasteiger partial charge in [0.15, 0.2) is 24.3 Å². The molecule has 0 spiro atoms. The first-order valence-corrected chi connectivity index (χ1v) is 7.51. The highest BCUT2D eigenvalue weighted by Crippen LogP contribution is 2.41. The summed E-state index contributed by atoms with van der Waals surface area (Å²) in [4.78, 5) is 22.2. The molecule has 0 saturated carbocycles. The lowest BCUT2D eigenvalue weighted by molar-refractivity contribution is -0.224. The van der Waals surface area contributed by atoms with Gasteiger partial charge >= 0.3 is 11.9 Å². The lowest BCUT2D eigenvalue weighted by Gasteiger charge is -2.28. The highest BCUT2D eigenvalue weighted by Gasteiger charge is 2.57. The molecule has 0 radical (unpaired) electrons. The fraction of sp³-hybridized carbons (Fsp3) is 0.867. The second-order valence-electron chi connectivity index (χ2n) is 6.25. The SMILES string of the molecule is CC(=O)OCC[C@@H](C)[C@H]1O[C@@H]2OC(C)(C)O[C@@H]2[C@H]1OC(C)=O. The Labute approximate surface area is 130 Å². The third-order valence-electron chi connectivity index (χ3n) is 3.77. The molecule has 7 nitrogen and oxygen atoms in total. The highest BCUT2D eigenvalue weighted by molar-refractivity contribution is 5.66. The average Bonchev–Trinajstić information content (AvgIpc) is 2.82. The molecule has 2 aliphatic rings. The number of ether oxygens (including phenoxy) is 5. The molecule has 2 aliphatic heterocycles. The van der Waals surface area contributed by atoms with Crippen molar-refractivity contribution in [2.24, 2.45) is 5.92 Å². The van der Waals surface area contributed by atoms with Gasteiger partial charge in [-0.3, -0.25) is 9.59 Å². The molecule has 0 aliphatic carbocycles. The Balaban J connectivity index is 2.01. The maximum atomic E-state index is 11.4. The molecular formula is C15H24O7. The summed E-state index contributed by atoms with van der Waals surface area (Å²) in [5.74, 6) is -1.45. The molecule has 0 aromatic heterocycles. The van der Waals surface area contributed by atoms with Crippen molar-refractivity contribution in [3.63, 3.8) is 0 Å². The summed E-state index contributed by atoms with van der Waals surface area (Å²) in [6.07, 6.45) is -1.28.